The maximum Gasteiger partial charge on any atom is 0.311 e. The highest BCUT2D eigenvalue weighted by atomic mass is 16.4. The normalized spacial score (nSPS) is 16.1. The lowest BCUT2D eigenvalue weighted by Gasteiger charge is -2.24. The summed E-state index contributed by atoms with van der Waals surface area (Å²) in [6, 6.07) is 1.78. The maximum atomic E-state index is 11.6. The van der Waals surface area contributed by atoms with Gasteiger partial charge in [0.05, 0.1) is 11.0 Å². The van der Waals surface area contributed by atoms with E-state index >= 15 is 0 Å². The van der Waals surface area contributed by atoms with Gasteiger partial charge in [0.1, 0.15) is 5.82 Å². The van der Waals surface area contributed by atoms with Gasteiger partial charge in [0, 0.05) is 12.2 Å². The highest BCUT2D eigenvalue weighted by Crippen LogP contribution is 2.27. The van der Waals surface area contributed by atoms with Gasteiger partial charge in [0.2, 0.25) is 0 Å². The number of nitrogens with zero attached hydrogens (tertiary/aromatic N) is 1. The number of aryl methyl sites for hydroxylation is 2. The van der Waals surface area contributed by atoms with Gasteiger partial charge in [-0.3, -0.25) is 9.59 Å². The molecule has 6 heteroatoms. The molecule has 0 radical (unpaired) electrons. The van der Waals surface area contributed by atoms with Crippen molar-refractivity contribution >= 4 is 17.7 Å². The second kappa shape index (κ2) is 5.71. The number of nitrogens with two attached hydrogens (primary N) is 1. The summed E-state index contributed by atoms with van der Waals surface area (Å²) in [6.07, 6.45) is 3.29. The third-order valence-electron chi connectivity index (χ3n) is 4.26. The molecule has 21 heavy (non-hydrogen) atoms. The first-order chi connectivity index (χ1) is 9.87. The Kier molecular flexibility index (Phi) is 4.16. The van der Waals surface area contributed by atoms with Crippen LogP contribution < -0.4 is 11.1 Å². The van der Waals surface area contributed by atoms with Crippen LogP contribution in [0.3, 0.4) is 0 Å². The van der Waals surface area contributed by atoms with E-state index in [1.165, 1.54) is 0 Å². The van der Waals surface area contributed by atoms with Crippen molar-refractivity contribution in [2.45, 2.75) is 39.5 Å². The van der Waals surface area contributed by atoms with Crippen LogP contribution in [0.2, 0.25) is 0 Å². The van der Waals surface area contributed by atoms with Crippen molar-refractivity contribution in [1.82, 2.24) is 4.98 Å². The number of rotatable bonds is 6. The molecule has 0 saturated carbocycles. The largest absolute Gasteiger partial charge is 0.481 e. The number of anilines is 1. The quantitative estimate of drug-likeness (QED) is 0.738. The summed E-state index contributed by atoms with van der Waals surface area (Å²) in [5.41, 5.74) is 6.86. The van der Waals surface area contributed by atoms with Gasteiger partial charge < -0.3 is 16.2 Å². The van der Waals surface area contributed by atoms with Crippen molar-refractivity contribution in [1.29, 1.82) is 0 Å². The van der Waals surface area contributed by atoms with Crippen LogP contribution >= 0.6 is 0 Å². The lowest BCUT2D eigenvalue weighted by molar-refractivity contribution is -0.147. The summed E-state index contributed by atoms with van der Waals surface area (Å²) in [4.78, 5) is 27.4. The molecule has 1 amide bonds. The van der Waals surface area contributed by atoms with Crippen molar-refractivity contribution in [2.75, 3.05) is 11.9 Å². The zero-order valence-corrected chi connectivity index (χ0v) is 12.4. The molecule has 1 atom stereocenters. The summed E-state index contributed by atoms with van der Waals surface area (Å²) in [5, 5.41) is 12.3. The molecule has 0 fully saturated rings. The molecule has 6 nitrogen and oxygen atoms in total. The average molecular weight is 291 g/mol. The standard InChI is InChI=1S/C15H21N3O3/c1-3-15(2,14(20)21)8-17-13-10(12(16)19)7-9-5-4-6-11(9)18-13/h7H,3-6,8H2,1-2H3,(H2,16,19)(H,17,18)(H,20,21). The number of aliphatic carboxylic acids is 1. The fourth-order valence-electron chi connectivity index (χ4n) is 2.43. The van der Waals surface area contributed by atoms with E-state index in [0.29, 0.717) is 17.8 Å². The Hall–Kier alpha value is -2.11. The summed E-state index contributed by atoms with van der Waals surface area (Å²) < 4.78 is 0. The first kappa shape index (κ1) is 15.3. The Labute approximate surface area is 123 Å². The van der Waals surface area contributed by atoms with Gasteiger partial charge in [-0.25, -0.2) is 4.98 Å². The lowest BCUT2D eigenvalue weighted by atomic mass is 9.87. The summed E-state index contributed by atoms with van der Waals surface area (Å²) in [6.45, 7) is 3.69. The topological polar surface area (TPSA) is 105 Å². The van der Waals surface area contributed by atoms with E-state index in [2.05, 4.69) is 10.3 Å². The van der Waals surface area contributed by atoms with E-state index in [1.807, 2.05) is 6.92 Å². The van der Waals surface area contributed by atoms with E-state index < -0.39 is 17.3 Å². The SMILES string of the molecule is CCC(C)(CNc1nc2c(cc1C(N)=O)CCC2)C(=O)O. The second-order valence-corrected chi connectivity index (χ2v) is 5.78. The van der Waals surface area contributed by atoms with Gasteiger partial charge in [-0.05, 0) is 44.2 Å². The predicted octanol–water partition coefficient (Wildman–Crippen LogP) is 1.58. The first-order valence-electron chi connectivity index (χ1n) is 7.17. The number of carbonyl (C=O) groups is 2. The van der Waals surface area contributed by atoms with Crippen molar-refractivity contribution < 1.29 is 14.7 Å². The van der Waals surface area contributed by atoms with Crippen LogP contribution in [0.15, 0.2) is 6.07 Å². The fraction of sp³-hybridized carbons (Fsp3) is 0.533. The zero-order valence-electron chi connectivity index (χ0n) is 12.4. The number of amides is 1. The van der Waals surface area contributed by atoms with Crippen LogP contribution in [0.4, 0.5) is 5.82 Å². The molecule has 0 aliphatic heterocycles. The monoisotopic (exact) mass is 291 g/mol. The molecule has 0 spiro atoms. The van der Waals surface area contributed by atoms with Gasteiger partial charge in [-0.1, -0.05) is 6.92 Å². The number of carboxylic acid groups (broad SMARTS) is 1. The molecule has 0 aromatic carbocycles. The molecule has 0 bridgehead atoms. The van der Waals surface area contributed by atoms with E-state index in [1.54, 1.807) is 13.0 Å². The highest BCUT2D eigenvalue weighted by Gasteiger charge is 2.31. The first-order valence-corrected chi connectivity index (χ1v) is 7.17. The Morgan fingerprint density at radius 2 is 2.19 bits per heavy atom. The predicted molar refractivity (Wildman–Crippen MR) is 79.3 cm³/mol. The number of carboxylic acids is 1. The molecule has 1 heterocycles. The molecule has 4 N–H and O–H groups in total. The Balaban J connectivity index is 2.27. The average Bonchev–Trinajstić information content (AvgIpc) is 2.90. The van der Waals surface area contributed by atoms with Gasteiger partial charge in [-0.2, -0.15) is 0 Å². The molecule has 1 aliphatic carbocycles. The number of primary amides is 1. The van der Waals surface area contributed by atoms with Crippen LogP contribution in [0.1, 0.15) is 48.3 Å². The van der Waals surface area contributed by atoms with Crippen LogP contribution in [-0.2, 0) is 17.6 Å². The Morgan fingerprint density at radius 3 is 2.76 bits per heavy atom. The number of aromatic nitrogens is 1. The summed E-state index contributed by atoms with van der Waals surface area (Å²) >= 11 is 0. The number of fused-ring (bicyclic) bond motifs is 1. The van der Waals surface area contributed by atoms with Crippen molar-refractivity contribution in [3.63, 3.8) is 0 Å². The second-order valence-electron chi connectivity index (χ2n) is 5.78. The van der Waals surface area contributed by atoms with Crippen LogP contribution in [0, 0.1) is 5.41 Å². The number of hydrogen-bond acceptors (Lipinski definition) is 4. The number of nitrogens with one attached hydrogen (secondary N) is 1. The van der Waals surface area contributed by atoms with Crippen molar-refractivity contribution in [2.24, 2.45) is 11.1 Å². The molecule has 1 aromatic rings. The summed E-state index contributed by atoms with van der Waals surface area (Å²) in [7, 11) is 0. The van der Waals surface area contributed by atoms with E-state index in [4.69, 9.17) is 5.73 Å². The number of pyridine rings is 1. The van der Waals surface area contributed by atoms with Crippen molar-refractivity contribution in [3.8, 4) is 0 Å². The smallest absolute Gasteiger partial charge is 0.311 e. The van der Waals surface area contributed by atoms with Gasteiger partial charge in [0.25, 0.3) is 5.91 Å². The van der Waals surface area contributed by atoms with Gasteiger partial charge >= 0.3 is 5.97 Å². The fourth-order valence-corrected chi connectivity index (χ4v) is 2.43. The van der Waals surface area contributed by atoms with Crippen molar-refractivity contribution in [3.05, 3.63) is 22.9 Å². The molecule has 1 aliphatic rings. The minimum absolute atomic E-state index is 0.199. The third kappa shape index (κ3) is 2.99. The minimum atomic E-state index is -0.907. The van der Waals surface area contributed by atoms with E-state index in [9.17, 15) is 14.7 Å². The highest BCUT2D eigenvalue weighted by molar-refractivity contribution is 5.98. The molecule has 0 saturated heterocycles. The maximum absolute atomic E-state index is 11.6. The minimum Gasteiger partial charge on any atom is -0.481 e. The molecule has 1 unspecified atom stereocenters. The van der Waals surface area contributed by atoms with Gasteiger partial charge in [0.15, 0.2) is 0 Å². The zero-order chi connectivity index (χ0) is 15.6. The molecular formula is C15H21N3O3. The lowest BCUT2D eigenvalue weighted by Crippen LogP contribution is -2.35. The Morgan fingerprint density at radius 1 is 1.48 bits per heavy atom. The van der Waals surface area contributed by atoms with E-state index in [0.717, 1.165) is 30.5 Å². The Bertz CT molecular complexity index is 586. The number of hydrogen-bond donors (Lipinski definition) is 3. The molecule has 2 rings (SSSR count). The molecule has 1 aromatic heterocycles. The van der Waals surface area contributed by atoms with Gasteiger partial charge in [-0.15, -0.1) is 0 Å². The van der Waals surface area contributed by atoms with Crippen LogP contribution in [0.5, 0.6) is 0 Å². The third-order valence-corrected chi connectivity index (χ3v) is 4.26. The summed E-state index contributed by atoms with van der Waals surface area (Å²) in [5.74, 6) is -1.03. The molecule has 114 valence electrons. The molecular weight excluding hydrogens is 270 g/mol. The van der Waals surface area contributed by atoms with Crippen LogP contribution in [-0.4, -0.2) is 28.5 Å². The number of carbonyl (C=O) groups excluding carboxylic acids is 1. The van der Waals surface area contributed by atoms with Crippen LogP contribution in [0.25, 0.3) is 0 Å². The van der Waals surface area contributed by atoms with E-state index in [-0.39, 0.29) is 6.54 Å².